The zero-order valence-electron chi connectivity index (χ0n) is 4.03. The highest BCUT2D eigenvalue weighted by molar-refractivity contribution is 7.80. The maximum absolute atomic E-state index is 8.51. The molecule has 0 heterocycles. The molecule has 0 aliphatic rings. The minimum Gasteiger partial charge on any atom is -0.393 e. The molecule has 1 unspecified atom stereocenters. The van der Waals surface area contributed by atoms with Crippen LogP contribution in [0.5, 0.6) is 0 Å². The lowest BCUT2D eigenvalue weighted by atomic mass is 10.4. The molecule has 0 aromatic rings. The van der Waals surface area contributed by atoms with Crippen LogP contribution in [0.15, 0.2) is 0 Å². The summed E-state index contributed by atoms with van der Waals surface area (Å²) in [5.74, 6) is 0. The van der Waals surface area contributed by atoms with E-state index in [1.165, 1.54) is 5.48 Å². The van der Waals surface area contributed by atoms with Crippen LogP contribution in [0.25, 0.3) is 0 Å². The van der Waals surface area contributed by atoms with Crippen molar-refractivity contribution in [1.29, 1.82) is 0 Å². The lowest BCUT2D eigenvalue weighted by Crippen LogP contribution is -2.32. The van der Waals surface area contributed by atoms with Crippen molar-refractivity contribution in [2.24, 2.45) is 0 Å². The maximum atomic E-state index is 8.51. The molecule has 0 amide bonds. The zero-order valence-corrected chi connectivity index (χ0v) is 4.85. The van der Waals surface area contributed by atoms with E-state index >= 15 is 0 Å². The van der Waals surface area contributed by atoms with E-state index in [2.05, 4.69) is 12.2 Å². The molecule has 48 valence electrons. The van der Waals surface area contributed by atoms with Crippen molar-refractivity contribution in [3.05, 3.63) is 0 Å². The van der Waals surface area contributed by atoms with Gasteiger partial charge < -0.3 is 10.2 Å². The smallest absolute Gasteiger partial charge is 0.131 e. The van der Waals surface area contributed by atoms with Gasteiger partial charge >= 0.3 is 0 Å². The molecule has 0 fully saturated rings. The summed E-state index contributed by atoms with van der Waals surface area (Å²) < 4.78 is 0. The Morgan fingerprint density at radius 2 is 2.25 bits per heavy atom. The van der Waals surface area contributed by atoms with E-state index in [-0.39, 0.29) is 4.99 Å². The fraction of sp³-hybridized carbons (Fsp3) is 0.667. The number of aliphatic hydroxyl groups is 2. The van der Waals surface area contributed by atoms with Gasteiger partial charge in [0.1, 0.15) is 11.1 Å². The van der Waals surface area contributed by atoms with Crippen molar-refractivity contribution in [3.8, 4) is 0 Å². The number of hydrogen-bond donors (Lipinski definition) is 4. The summed E-state index contributed by atoms with van der Waals surface area (Å²) >= 11 is 4.31. The predicted molar refractivity (Wildman–Crippen MR) is 30.6 cm³/mol. The summed E-state index contributed by atoms with van der Waals surface area (Å²) in [6.07, 6.45) is -1.16. The van der Waals surface area contributed by atoms with Gasteiger partial charge in [-0.1, -0.05) is 12.2 Å². The van der Waals surface area contributed by atoms with Gasteiger partial charge in [-0.05, 0) is 0 Å². The maximum Gasteiger partial charge on any atom is 0.131 e. The second-order valence-electron chi connectivity index (χ2n) is 1.17. The average Bonchev–Trinajstić information content (AvgIpc) is 1.84. The topological polar surface area (TPSA) is 72.7 Å². The molecular formula is C3H7NO3S. The molecule has 0 spiro atoms. The Kier molecular flexibility index (Phi) is 3.63. The molecule has 1 atom stereocenters. The summed E-state index contributed by atoms with van der Waals surface area (Å²) in [7, 11) is 0. The molecule has 4 nitrogen and oxygen atoms in total. The molecule has 0 rings (SSSR count). The molecule has 0 aromatic heterocycles. The SMILES string of the molecule is OCC(O)C(=S)NO. The quantitative estimate of drug-likeness (QED) is 0.279. The summed E-state index contributed by atoms with van der Waals surface area (Å²) in [5.41, 5.74) is 1.54. The van der Waals surface area contributed by atoms with Crippen LogP contribution in [0.4, 0.5) is 0 Å². The van der Waals surface area contributed by atoms with E-state index in [0.29, 0.717) is 0 Å². The molecule has 8 heavy (non-hydrogen) atoms. The van der Waals surface area contributed by atoms with Crippen molar-refractivity contribution in [2.75, 3.05) is 6.61 Å². The van der Waals surface area contributed by atoms with Crippen LogP contribution in [-0.2, 0) is 0 Å². The Morgan fingerprint density at radius 3 is 2.38 bits per heavy atom. The van der Waals surface area contributed by atoms with Gasteiger partial charge in [0.15, 0.2) is 0 Å². The Bertz CT molecular complexity index is 86.6. The third-order valence-corrected chi connectivity index (χ3v) is 0.949. The highest BCUT2D eigenvalue weighted by atomic mass is 32.1. The van der Waals surface area contributed by atoms with Crippen LogP contribution in [0, 0.1) is 0 Å². The molecule has 0 aliphatic carbocycles. The van der Waals surface area contributed by atoms with Gasteiger partial charge in [0.05, 0.1) is 6.61 Å². The summed E-state index contributed by atoms with van der Waals surface area (Å²) in [4.78, 5) is -0.174. The van der Waals surface area contributed by atoms with Crippen LogP contribution in [0.2, 0.25) is 0 Å². The minimum absolute atomic E-state index is 0.174. The average molecular weight is 137 g/mol. The van der Waals surface area contributed by atoms with Gasteiger partial charge in [-0.15, -0.1) is 0 Å². The van der Waals surface area contributed by atoms with Crippen LogP contribution >= 0.6 is 12.2 Å². The van der Waals surface area contributed by atoms with Crippen LogP contribution in [0.3, 0.4) is 0 Å². The highest BCUT2D eigenvalue weighted by Crippen LogP contribution is 1.80. The number of hydrogen-bond acceptors (Lipinski definition) is 4. The molecule has 0 aromatic carbocycles. The normalized spacial score (nSPS) is 12.9. The van der Waals surface area contributed by atoms with Crippen LogP contribution in [-0.4, -0.2) is 33.1 Å². The van der Waals surface area contributed by atoms with Gasteiger partial charge in [0.2, 0.25) is 0 Å². The lowest BCUT2D eigenvalue weighted by molar-refractivity contribution is 0.130. The van der Waals surface area contributed by atoms with Gasteiger partial charge in [-0.3, -0.25) is 10.7 Å². The second kappa shape index (κ2) is 3.73. The van der Waals surface area contributed by atoms with E-state index < -0.39 is 12.7 Å². The van der Waals surface area contributed by atoms with Crippen molar-refractivity contribution in [2.45, 2.75) is 6.10 Å². The Labute approximate surface area is 51.7 Å². The molecular weight excluding hydrogens is 130 g/mol. The third-order valence-electron chi connectivity index (χ3n) is 0.586. The Morgan fingerprint density at radius 1 is 1.75 bits per heavy atom. The molecule has 0 radical (unpaired) electrons. The van der Waals surface area contributed by atoms with Crippen molar-refractivity contribution >= 4 is 17.2 Å². The van der Waals surface area contributed by atoms with Crippen molar-refractivity contribution in [3.63, 3.8) is 0 Å². The zero-order chi connectivity index (χ0) is 6.57. The molecule has 5 heteroatoms. The van der Waals surface area contributed by atoms with Crippen molar-refractivity contribution < 1.29 is 15.4 Å². The van der Waals surface area contributed by atoms with Gasteiger partial charge in [0.25, 0.3) is 0 Å². The first-order chi connectivity index (χ1) is 3.72. The van der Waals surface area contributed by atoms with E-state index in [1.54, 1.807) is 0 Å². The lowest BCUT2D eigenvalue weighted by Gasteiger charge is -2.04. The summed E-state index contributed by atoms with van der Waals surface area (Å²) in [6, 6.07) is 0. The molecule has 0 saturated carbocycles. The first-order valence-corrected chi connectivity index (χ1v) is 2.36. The molecule has 0 aliphatic heterocycles. The second-order valence-corrected chi connectivity index (χ2v) is 1.61. The number of hydroxylamine groups is 1. The highest BCUT2D eigenvalue weighted by Gasteiger charge is 2.05. The van der Waals surface area contributed by atoms with Gasteiger partial charge in [0, 0.05) is 0 Å². The molecule has 0 saturated heterocycles. The largest absolute Gasteiger partial charge is 0.393 e. The van der Waals surface area contributed by atoms with E-state index in [0.717, 1.165) is 0 Å². The van der Waals surface area contributed by atoms with Crippen LogP contribution < -0.4 is 5.48 Å². The standard InChI is InChI=1S/C3H7NO3S/c5-1-2(6)3(8)4-7/h2,5-7H,1H2,(H,4,8). The van der Waals surface area contributed by atoms with E-state index in [4.69, 9.17) is 15.4 Å². The van der Waals surface area contributed by atoms with Crippen LogP contribution in [0.1, 0.15) is 0 Å². The molecule has 0 bridgehead atoms. The summed E-state index contributed by atoms with van der Waals surface area (Å²) in [6.45, 7) is -0.480. The number of aliphatic hydroxyl groups excluding tert-OH is 2. The fourth-order valence-corrected chi connectivity index (χ4v) is 0.232. The number of nitrogens with one attached hydrogen (secondary N) is 1. The first-order valence-electron chi connectivity index (χ1n) is 1.95. The Hall–Kier alpha value is -0.230. The Balaban J connectivity index is 3.46. The monoisotopic (exact) mass is 137 g/mol. The van der Waals surface area contributed by atoms with E-state index in [1.807, 2.05) is 0 Å². The first kappa shape index (κ1) is 7.77. The third kappa shape index (κ3) is 2.17. The predicted octanol–water partition coefficient (Wildman–Crippen LogP) is -1.35. The number of thiocarbonyl (C=S) groups is 1. The molecule has 4 N–H and O–H groups in total. The fourth-order valence-electron chi connectivity index (χ4n) is 0.157. The van der Waals surface area contributed by atoms with Crippen molar-refractivity contribution in [1.82, 2.24) is 5.48 Å². The van der Waals surface area contributed by atoms with Gasteiger partial charge in [-0.25, -0.2) is 0 Å². The van der Waals surface area contributed by atoms with E-state index in [9.17, 15) is 0 Å². The number of rotatable bonds is 2. The van der Waals surface area contributed by atoms with Gasteiger partial charge in [-0.2, -0.15) is 0 Å². The summed E-state index contributed by atoms with van der Waals surface area (Å²) in [5, 5.41) is 24.6. The minimum atomic E-state index is -1.16.